The Kier molecular flexibility index (Phi) is 3.96. The largest absolute Gasteiger partial charge is 0.340 e. The molecule has 0 aromatic heterocycles. The first-order valence-electron chi connectivity index (χ1n) is 7.92. The summed E-state index contributed by atoms with van der Waals surface area (Å²) in [7, 11) is 2.09. The van der Waals surface area contributed by atoms with Crippen molar-refractivity contribution < 1.29 is 9.59 Å². The van der Waals surface area contributed by atoms with Gasteiger partial charge in [-0.1, -0.05) is 12.8 Å². The monoisotopic (exact) mass is 279 g/mol. The van der Waals surface area contributed by atoms with Crippen LogP contribution in [0.15, 0.2) is 0 Å². The van der Waals surface area contributed by atoms with Crippen molar-refractivity contribution in [3.8, 4) is 0 Å². The van der Waals surface area contributed by atoms with Crippen molar-refractivity contribution >= 4 is 11.8 Å². The molecule has 0 aromatic rings. The molecule has 20 heavy (non-hydrogen) atoms. The highest BCUT2D eigenvalue weighted by molar-refractivity contribution is 5.89. The van der Waals surface area contributed by atoms with Gasteiger partial charge in [-0.05, 0) is 19.9 Å². The van der Waals surface area contributed by atoms with Crippen molar-refractivity contribution in [1.82, 2.24) is 14.7 Å². The second-order valence-corrected chi connectivity index (χ2v) is 6.51. The average Bonchev–Trinajstić information content (AvgIpc) is 3.07. The van der Waals surface area contributed by atoms with Crippen molar-refractivity contribution in [1.29, 1.82) is 0 Å². The van der Waals surface area contributed by atoms with Gasteiger partial charge in [0.2, 0.25) is 11.8 Å². The molecule has 1 aliphatic carbocycles. The van der Waals surface area contributed by atoms with Gasteiger partial charge in [-0.15, -0.1) is 0 Å². The lowest BCUT2D eigenvalue weighted by molar-refractivity contribution is -0.137. The summed E-state index contributed by atoms with van der Waals surface area (Å²) in [6.07, 6.45) is 5.14. The van der Waals surface area contributed by atoms with E-state index in [2.05, 4.69) is 11.9 Å². The number of amides is 2. The number of likely N-dealkylation sites (tertiary alicyclic amines) is 1. The van der Waals surface area contributed by atoms with Gasteiger partial charge in [0.05, 0.1) is 5.92 Å². The van der Waals surface area contributed by atoms with Gasteiger partial charge in [0.15, 0.2) is 0 Å². The second kappa shape index (κ2) is 5.72. The van der Waals surface area contributed by atoms with Gasteiger partial charge in [-0.3, -0.25) is 9.59 Å². The van der Waals surface area contributed by atoms with E-state index in [0.717, 1.165) is 39.0 Å². The van der Waals surface area contributed by atoms with Crippen LogP contribution in [0.1, 0.15) is 32.1 Å². The van der Waals surface area contributed by atoms with Gasteiger partial charge < -0.3 is 14.7 Å². The van der Waals surface area contributed by atoms with Crippen LogP contribution in [0.3, 0.4) is 0 Å². The first kappa shape index (κ1) is 13.9. The van der Waals surface area contributed by atoms with Gasteiger partial charge in [-0.25, -0.2) is 0 Å². The molecule has 2 aliphatic heterocycles. The molecule has 112 valence electrons. The van der Waals surface area contributed by atoms with E-state index in [9.17, 15) is 9.59 Å². The lowest BCUT2D eigenvalue weighted by Gasteiger charge is -2.34. The third-order valence-corrected chi connectivity index (χ3v) is 5.09. The summed E-state index contributed by atoms with van der Waals surface area (Å²) < 4.78 is 0. The van der Waals surface area contributed by atoms with Crippen LogP contribution >= 0.6 is 0 Å². The Balaban J connectivity index is 1.58. The zero-order valence-electron chi connectivity index (χ0n) is 12.4. The van der Waals surface area contributed by atoms with Crippen LogP contribution in [0.25, 0.3) is 0 Å². The lowest BCUT2D eigenvalue weighted by atomic mass is 10.1. The van der Waals surface area contributed by atoms with Crippen molar-refractivity contribution in [3.63, 3.8) is 0 Å². The third-order valence-electron chi connectivity index (χ3n) is 5.09. The maximum absolute atomic E-state index is 12.5. The fourth-order valence-corrected chi connectivity index (χ4v) is 3.75. The highest BCUT2D eigenvalue weighted by Crippen LogP contribution is 2.30. The van der Waals surface area contributed by atoms with Gasteiger partial charge in [0, 0.05) is 45.2 Å². The molecule has 0 spiro atoms. The molecule has 0 unspecified atom stereocenters. The summed E-state index contributed by atoms with van der Waals surface area (Å²) >= 11 is 0. The molecule has 1 saturated carbocycles. The number of hydrogen-bond acceptors (Lipinski definition) is 3. The normalized spacial score (nSPS) is 29.4. The Morgan fingerprint density at radius 1 is 1.10 bits per heavy atom. The minimum atomic E-state index is -0.0912. The van der Waals surface area contributed by atoms with Gasteiger partial charge in [-0.2, -0.15) is 0 Å². The maximum atomic E-state index is 12.5. The third kappa shape index (κ3) is 2.68. The van der Waals surface area contributed by atoms with Crippen LogP contribution in [0.2, 0.25) is 0 Å². The summed E-state index contributed by atoms with van der Waals surface area (Å²) in [5.74, 6) is 0.308. The molecule has 0 radical (unpaired) electrons. The van der Waals surface area contributed by atoms with E-state index in [1.807, 2.05) is 9.80 Å². The first-order chi connectivity index (χ1) is 9.65. The second-order valence-electron chi connectivity index (χ2n) is 6.51. The van der Waals surface area contributed by atoms with Crippen molar-refractivity contribution in [2.45, 2.75) is 38.1 Å². The fourth-order valence-electron chi connectivity index (χ4n) is 3.75. The first-order valence-corrected chi connectivity index (χ1v) is 7.92. The minimum Gasteiger partial charge on any atom is -0.340 e. The highest BCUT2D eigenvalue weighted by atomic mass is 16.2. The summed E-state index contributed by atoms with van der Waals surface area (Å²) in [6, 6.07) is 0.410. The topological polar surface area (TPSA) is 43.9 Å². The van der Waals surface area contributed by atoms with E-state index in [1.165, 1.54) is 12.8 Å². The molecule has 0 N–H and O–H groups in total. The number of likely N-dealkylation sites (N-methyl/N-ethyl adjacent to an activating group) is 1. The Bertz CT molecular complexity index is 385. The quantitative estimate of drug-likeness (QED) is 0.741. The minimum absolute atomic E-state index is 0.0912. The molecule has 3 rings (SSSR count). The van der Waals surface area contributed by atoms with Gasteiger partial charge >= 0.3 is 0 Å². The average molecular weight is 279 g/mol. The number of hydrogen-bond donors (Lipinski definition) is 0. The number of nitrogens with zero attached hydrogens (tertiary/aromatic N) is 3. The summed E-state index contributed by atoms with van der Waals surface area (Å²) in [5.41, 5.74) is 0. The predicted molar refractivity (Wildman–Crippen MR) is 76.2 cm³/mol. The summed E-state index contributed by atoms with van der Waals surface area (Å²) in [6.45, 7) is 4.17. The Labute approximate surface area is 120 Å². The SMILES string of the molecule is CN1CCN(C(=O)[C@H]2CC(=O)N(C3CCCC3)C2)CC1. The Hall–Kier alpha value is -1.10. The molecule has 2 saturated heterocycles. The van der Waals surface area contributed by atoms with Crippen LogP contribution in [-0.2, 0) is 9.59 Å². The van der Waals surface area contributed by atoms with E-state index in [0.29, 0.717) is 19.0 Å². The molecule has 3 aliphatic rings. The molecule has 0 aromatic carbocycles. The number of rotatable bonds is 2. The van der Waals surface area contributed by atoms with E-state index in [1.54, 1.807) is 0 Å². The van der Waals surface area contributed by atoms with Crippen LogP contribution in [0.4, 0.5) is 0 Å². The molecule has 5 heteroatoms. The van der Waals surface area contributed by atoms with Crippen molar-refractivity contribution in [2.24, 2.45) is 5.92 Å². The lowest BCUT2D eigenvalue weighted by Crippen LogP contribution is -2.49. The van der Waals surface area contributed by atoms with Crippen LogP contribution in [0, 0.1) is 5.92 Å². The molecule has 5 nitrogen and oxygen atoms in total. The molecule has 2 heterocycles. The molecule has 3 fully saturated rings. The van der Waals surface area contributed by atoms with Crippen LogP contribution in [0.5, 0.6) is 0 Å². The van der Waals surface area contributed by atoms with Crippen LogP contribution in [-0.4, -0.2) is 72.3 Å². The highest BCUT2D eigenvalue weighted by Gasteiger charge is 2.40. The van der Waals surface area contributed by atoms with E-state index < -0.39 is 0 Å². The molecule has 1 atom stereocenters. The van der Waals surface area contributed by atoms with E-state index >= 15 is 0 Å². The zero-order chi connectivity index (χ0) is 14.1. The molecule has 0 bridgehead atoms. The van der Waals surface area contributed by atoms with Crippen molar-refractivity contribution in [3.05, 3.63) is 0 Å². The van der Waals surface area contributed by atoms with Gasteiger partial charge in [0.1, 0.15) is 0 Å². The maximum Gasteiger partial charge on any atom is 0.228 e. The number of carbonyl (C=O) groups excluding carboxylic acids is 2. The number of carbonyl (C=O) groups is 2. The molecular weight excluding hydrogens is 254 g/mol. The van der Waals surface area contributed by atoms with Crippen LogP contribution < -0.4 is 0 Å². The predicted octanol–water partition coefficient (Wildman–Crippen LogP) is 0.552. The Morgan fingerprint density at radius 3 is 2.40 bits per heavy atom. The molecular formula is C15H25N3O2. The summed E-state index contributed by atoms with van der Waals surface area (Å²) in [4.78, 5) is 30.9. The standard InChI is InChI=1S/C15H25N3O2/c1-16-6-8-17(9-7-16)15(20)12-10-14(19)18(11-12)13-4-2-3-5-13/h12-13H,2-11H2,1H3/t12-/m0/s1. The van der Waals surface area contributed by atoms with Crippen molar-refractivity contribution in [2.75, 3.05) is 39.8 Å². The molecule has 2 amide bonds. The van der Waals surface area contributed by atoms with E-state index in [-0.39, 0.29) is 17.7 Å². The smallest absolute Gasteiger partial charge is 0.228 e. The zero-order valence-corrected chi connectivity index (χ0v) is 12.4. The Morgan fingerprint density at radius 2 is 1.75 bits per heavy atom. The van der Waals surface area contributed by atoms with E-state index in [4.69, 9.17) is 0 Å². The summed E-state index contributed by atoms with van der Waals surface area (Å²) in [5, 5.41) is 0. The number of piperazine rings is 1. The van der Waals surface area contributed by atoms with Gasteiger partial charge in [0.25, 0.3) is 0 Å². The fraction of sp³-hybridized carbons (Fsp3) is 0.867.